The third kappa shape index (κ3) is 3.71. The van der Waals surface area contributed by atoms with Crippen LogP contribution >= 0.6 is 0 Å². The number of nitrogens with zero attached hydrogens (tertiary/aromatic N) is 1. The van der Waals surface area contributed by atoms with Gasteiger partial charge in [-0.2, -0.15) is 12.7 Å². The van der Waals surface area contributed by atoms with Crippen molar-refractivity contribution in [2.75, 3.05) is 31.0 Å². The van der Waals surface area contributed by atoms with Crippen molar-refractivity contribution in [2.45, 2.75) is 11.8 Å². The molecule has 0 bridgehead atoms. The van der Waals surface area contributed by atoms with Crippen molar-refractivity contribution in [2.24, 2.45) is 5.14 Å². The number of rotatable bonds is 4. The van der Waals surface area contributed by atoms with Gasteiger partial charge in [-0.15, -0.1) is 0 Å². The smallest absolute Gasteiger partial charge is 0.301 e. The molecule has 2 rings (SSSR count). The maximum absolute atomic E-state index is 12.2. The van der Waals surface area contributed by atoms with E-state index in [2.05, 4.69) is 4.72 Å². The first-order chi connectivity index (χ1) is 9.72. The van der Waals surface area contributed by atoms with Crippen molar-refractivity contribution >= 4 is 25.9 Å². The van der Waals surface area contributed by atoms with Crippen molar-refractivity contribution in [3.8, 4) is 0 Å². The quantitative estimate of drug-likeness (QED) is 0.778. The molecule has 0 unspecified atom stereocenters. The standard InChI is InChI=1S/C11H17N3O5S2/c1-9-10(3-2-4-11(9)20(12,15)16)13-21(17,18)14-5-7-19-8-6-14/h2-4,13H,5-8H2,1H3,(H2,12,15,16). The molecule has 0 radical (unpaired) electrons. The molecule has 118 valence electrons. The average Bonchev–Trinajstić information content (AvgIpc) is 2.41. The largest absolute Gasteiger partial charge is 0.379 e. The summed E-state index contributed by atoms with van der Waals surface area (Å²) in [5.74, 6) is 0. The summed E-state index contributed by atoms with van der Waals surface area (Å²) in [6.07, 6.45) is 0. The number of hydrogen-bond donors (Lipinski definition) is 2. The van der Waals surface area contributed by atoms with Gasteiger partial charge in [0, 0.05) is 13.1 Å². The van der Waals surface area contributed by atoms with Crippen molar-refractivity contribution in [3.63, 3.8) is 0 Å². The molecule has 0 aliphatic carbocycles. The Hall–Kier alpha value is -1.20. The van der Waals surface area contributed by atoms with Crippen LogP contribution in [0.5, 0.6) is 0 Å². The molecule has 1 aromatic carbocycles. The summed E-state index contributed by atoms with van der Waals surface area (Å²) in [4.78, 5) is -0.107. The lowest BCUT2D eigenvalue weighted by molar-refractivity contribution is 0.0733. The van der Waals surface area contributed by atoms with Gasteiger partial charge in [0.2, 0.25) is 10.0 Å². The molecule has 0 aromatic heterocycles. The normalized spacial score (nSPS) is 17.6. The third-order valence-electron chi connectivity index (χ3n) is 3.14. The fraction of sp³-hybridized carbons (Fsp3) is 0.455. The molecule has 0 saturated carbocycles. The third-order valence-corrected chi connectivity index (χ3v) is 5.72. The zero-order valence-corrected chi connectivity index (χ0v) is 13.1. The van der Waals surface area contributed by atoms with Crippen LogP contribution in [-0.4, -0.2) is 47.4 Å². The number of sulfonamides is 1. The van der Waals surface area contributed by atoms with Gasteiger partial charge in [-0.25, -0.2) is 13.6 Å². The zero-order chi connectivity index (χ0) is 15.7. The number of hydrogen-bond acceptors (Lipinski definition) is 5. The number of nitrogens with two attached hydrogens (primary N) is 1. The summed E-state index contributed by atoms with van der Waals surface area (Å²) >= 11 is 0. The minimum Gasteiger partial charge on any atom is -0.379 e. The molecular formula is C11H17N3O5S2. The summed E-state index contributed by atoms with van der Waals surface area (Å²) in [7, 11) is -7.66. The zero-order valence-electron chi connectivity index (χ0n) is 11.4. The van der Waals surface area contributed by atoms with Crippen molar-refractivity contribution in [1.82, 2.24) is 4.31 Å². The van der Waals surface area contributed by atoms with Gasteiger partial charge in [-0.1, -0.05) is 6.07 Å². The SMILES string of the molecule is Cc1c(NS(=O)(=O)N2CCOCC2)cccc1S(N)(=O)=O. The fourth-order valence-corrected chi connectivity index (χ4v) is 4.09. The molecule has 3 N–H and O–H groups in total. The molecule has 1 aliphatic rings. The lowest BCUT2D eigenvalue weighted by atomic mass is 10.2. The Labute approximate surface area is 124 Å². The Morgan fingerprint density at radius 1 is 1.19 bits per heavy atom. The molecule has 0 atom stereocenters. The van der Waals surface area contributed by atoms with E-state index in [1.54, 1.807) is 0 Å². The van der Waals surface area contributed by atoms with Gasteiger partial charge < -0.3 is 4.74 Å². The van der Waals surface area contributed by atoms with Crippen LogP contribution in [0.2, 0.25) is 0 Å². The molecule has 0 spiro atoms. The van der Waals surface area contributed by atoms with E-state index in [-0.39, 0.29) is 29.2 Å². The maximum Gasteiger partial charge on any atom is 0.301 e. The summed E-state index contributed by atoms with van der Waals surface area (Å²) in [5.41, 5.74) is 0.449. The Balaban J connectivity index is 2.31. The fourth-order valence-electron chi connectivity index (χ4n) is 2.02. The van der Waals surface area contributed by atoms with Crippen LogP contribution in [0.3, 0.4) is 0 Å². The second-order valence-electron chi connectivity index (χ2n) is 4.59. The van der Waals surface area contributed by atoms with Gasteiger partial charge in [-0.05, 0) is 24.6 Å². The van der Waals surface area contributed by atoms with E-state index < -0.39 is 20.2 Å². The molecule has 1 fully saturated rings. The molecule has 1 aromatic rings. The molecular weight excluding hydrogens is 318 g/mol. The number of anilines is 1. The highest BCUT2D eigenvalue weighted by molar-refractivity contribution is 7.90. The monoisotopic (exact) mass is 335 g/mol. The molecule has 1 heterocycles. The average molecular weight is 335 g/mol. The molecule has 1 aliphatic heterocycles. The van der Waals surface area contributed by atoms with Gasteiger partial charge in [0.1, 0.15) is 0 Å². The lowest BCUT2D eigenvalue weighted by Gasteiger charge is -2.26. The van der Waals surface area contributed by atoms with Gasteiger partial charge >= 0.3 is 10.2 Å². The van der Waals surface area contributed by atoms with Crippen molar-refractivity contribution < 1.29 is 21.6 Å². The first-order valence-electron chi connectivity index (χ1n) is 6.20. The second kappa shape index (κ2) is 5.89. The Morgan fingerprint density at radius 3 is 2.38 bits per heavy atom. The van der Waals surface area contributed by atoms with Crippen LogP contribution in [0.1, 0.15) is 5.56 Å². The predicted octanol–water partition coefficient (Wildman–Crippen LogP) is -0.369. The number of ether oxygens (including phenoxy) is 1. The number of morpholine rings is 1. The number of benzene rings is 1. The van der Waals surface area contributed by atoms with Gasteiger partial charge in [-0.3, -0.25) is 4.72 Å². The van der Waals surface area contributed by atoms with Crippen LogP contribution in [-0.2, 0) is 25.0 Å². The van der Waals surface area contributed by atoms with E-state index in [9.17, 15) is 16.8 Å². The van der Waals surface area contributed by atoms with E-state index in [0.717, 1.165) is 0 Å². The highest BCUT2D eigenvalue weighted by Crippen LogP contribution is 2.23. The molecule has 0 amide bonds. The highest BCUT2D eigenvalue weighted by atomic mass is 32.2. The van der Waals surface area contributed by atoms with E-state index >= 15 is 0 Å². The van der Waals surface area contributed by atoms with E-state index in [0.29, 0.717) is 13.2 Å². The van der Waals surface area contributed by atoms with Crippen LogP contribution in [0.25, 0.3) is 0 Å². The van der Waals surface area contributed by atoms with Crippen molar-refractivity contribution in [3.05, 3.63) is 23.8 Å². The van der Waals surface area contributed by atoms with Gasteiger partial charge in [0.05, 0.1) is 23.8 Å². The molecule has 1 saturated heterocycles. The molecule has 10 heteroatoms. The minimum absolute atomic E-state index is 0.107. The first-order valence-corrected chi connectivity index (χ1v) is 9.18. The second-order valence-corrected chi connectivity index (χ2v) is 7.79. The predicted molar refractivity (Wildman–Crippen MR) is 77.5 cm³/mol. The first kappa shape index (κ1) is 16.2. The summed E-state index contributed by atoms with van der Waals surface area (Å²) in [5, 5.41) is 5.10. The topological polar surface area (TPSA) is 119 Å². The number of nitrogens with one attached hydrogen (secondary N) is 1. The van der Waals surface area contributed by atoms with Crippen LogP contribution in [0.4, 0.5) is 5.69 Å². The Bertz CT molecular complexity index is 724. The van der Waals surface area contributed by atoms with Crippen LogP contribution < -0.4 is 9.86 Å². The summed E-state index contributed by atoms with van der Waals surface area (Å²) < 4.78 is 56.1. The summed E-state index contributed by atoms with van der Waals surface area (Å²) in [6.45, 7) is 2.66. The Morgan fingerprint density at radius 2 is 1.81 bits per heavy atom. The maximum atomic E-state index is 12.2. The van der Waals surface area contributed by atoms with E-state index in [1.165, 1.54) is 29.4 Å². The Kier molecular flexibility index (Phi) is 4.54. The van der Waals surface area contributed by atoms with Crippen LogP contribution in [0, 0.1) is 6.92 Å². The number of primary sulfonamides is 1. The summed E-state index contributed by atoms with van der Waals surface area (Å²) in [6, 6.07) is 4.25. The van der Waals surface area contributed by atoms with E-state index in [1.807, 2.05) is 0 Å². The van der Waals surface area contributed by atoms with Gasteiger partial charge in [0.15, 0.2) is 0 Å². The van der Waals surface area contributed by atoms with E-state index in [4.69, 9.17) is 9.88 Å². The molecule has 8 nitrogen and oxygen atoms in total. The molecule has 21 heavy (non-hydrogen) atoms. The van der Waals surface area contributed by atoms with Crippen molar-refractivity contribution in [1.29, 1.82) is 0 Å². The minimum atomic E-state index is -3.90. The van der Waals surface area contributed by atoms with Crippen LogP contribution in [0.15, 0.2) is 23.1 Å². The van der Waals surface area contributed by atoms with Gasteiger partial charge in [0.25, 0.3) is 0 Å². The highest BCUT2D eigenvalue weighted by Gasteiger charge is 2.25. The lowest BCUT2D eigenvalue weighted by Crippen LogP contribution is -2.43.